The van der Waals surface area contributed by atoms with E-state index >= 15 is 0 Å². The number of nitrogens with zero attached hydrogens (tertiary/aromatic N) is 2. The van der Waals surface area contributed by atoms with E-state index in [4.69, 9.17) is 9.26 Å². The van der Waals surface area contributed by atoms with Gasteiger partial charge >= 0.3 is 0 Å². The Balaban J connectivity index is 1.74. The van der Waals surface area contributed by atoms with Gasteiger partial charge in [0.2, 0.25) is 5.89 Å². The number of nitrogens with one attached hydrogen (secondary N) is 1. The van der Waals surface area contributed by atoms with Crippen LogP contribution in [0.25, 0.3) is 0 Å². The second-order valence-electron chi connectivity index (χ2n) is 6.49. The van der Waals surface area contributed by atoms with Crippen LogP contribution in [0, 0.1) is 0 Å². The van der Waals surface area contributed by atoms with Crippen LogP contribution in [0.15, 0.2) is 22.7 Å². The first-order valence-corrected chi connectivity index (χ1v) is 7.30. The maximum absolute atomic E-state index is 5.52. The predicted molar refractivity (Wildman–Crippen MR) is 80.7 cm³/mol. The normalized spacial score (nSPS) is 15.4. The van der Waals surface area contributed by atoms with Gasteiger partial charge < -0.3 is 14.6 Å². The molecule has 0 saturated carbocycles. The SMILES string of the molecule is CC(Nc1ccc2c(c1)CCO2)c1nc(C(C)(C)C)no1. The molecule has 2 heterocycles. The van der Waals surface area contributed by atoms with Crippen LogP contribution in [0.3, 0.4) is 0 Å². The first-order valence-electron chi connectivity index (χ1n) is 7.30. The molecule has 1 aliphatic rings. The van der Waals surface area contributed by atoms with Crippen LogP contribution in [-0.4, -0.2) is 16.7 Å². The van der Waals surface area contributed by atoms with Crippen LogP contribution < -0.4 is 10.1 Å². The van der Waals surface area contributed by atoms with E-state index in [0.29, 0.717) is 5.89 Å². The van der Waals surface area contributed by atoms with Crippen molar-refractivity contribution in [3.63, 3.8) is 0 Å². The molecule has 0 fully saturated rings. The molecule has 0 saturated heterocycles. The molecule has 0 radical (unpaired) electrons. The zero-order valence-electron chi connectivity index (χ0n) is 12.9. The third kappa shape index (κ3) is 2.86. The molecule has 112 valence electrons. The van der Waals surface area contributed by atoms with Crippen LogP contribution in [0.2, 0.25) is 0 Å². The minimum Gasteiger partial charge on any atom is -0.493 e. The molecular weight excluding hydrogens is 266 g/mol. The maximum atomic E-state index is 5.52. The van der Waals surface area contributed by atoms with Crippen molar-refractivity contribution in [1.82, 2.24) is 10.1 Å². The number of hydrogen-bond donors (Lipinski definition) is 1. The van der Waals surface area contributed by atoms with Crippen LogP contribution in [0.1, 0.15) is 51.0 Å². The first-order chi connectivity index (χ1) is 9.93. The average molecular weight is 287 g/mol. The second-order valence-corrected chi connectivity index (χ2v) is 6.49. The third-order valence-corrected chi connectivity index (χ3v) is 3.56. The van der Waals surface area contributed by atoms with E-state index in [2.05, 4.69) is 42.3 Å². The van der Waals surface area contributed by atoms with Crippen molar-refractivity contribution in [3.8, 4) is 5.75 Å². The van der Waals surface area contributed by atoms with Crippen molar-refractivity contribution in [2.75, 3.05) is 11.9 Å². The summed E-state index contributed by atoms with van der Waals surface area (Å²) in [5.74, 6) is 2.33. The first kappa shape index (κ1) is 13.9. The Labute approximate surface area is 124 Å². The average Bonchev–Trinajstić information content (AvgIpc) is 3.06. The van der Waals surface area contributed by atoms with Crippen molar-refractivity contribution in [1.29, 1.82) is 0 Å². The summed E-state index contributed by atoms with van der Waals surface area (Å²) in [6, 6.07) is 6.11. The molecular formula is C16H21N3O2. The standard InChI is InChI=1S/C16H21N3O2/c1-10(14-18-15(19-21-14)16(2,3)4)17-12-5-6-13-11(9-12)7-8-20-13/h5-6,9-10,17H,7-8H2,1-4H3. The highest BCUT2D eigenvalue weighted by atomic mass is 16.5. The van der Waals surface area contributed by atoms with E-state index in [1.54, 1.807) is 0 Å². The number of aromatic nitrogens is 2. The van der Waals surface area contributed by atoms with Gasteiger partial charge in [-0.15, -0.1) is 0 Å². The maximum Gasteiger partial charge on any atom is 0.248 e. The zero-order chi connectivity index (χ0) is 15.0. The number of rotatable bonds is 3. The summed E-state index contributed by atoms with van der Waals surface area (Å²) in [7, 11) is 0. The number of ether oxygens (including phenoxy) is 1. The fraction of sp³-hybridized carbons (Fsp3) is 0.500. The molecule has 5 heteroatoms. The van der Waals surface area contributed by atoms with Gasteiger partial charge in [-0.1, -0.05) is 25.9 Å². The van der Waals surface area contributed by atoms with Gasteiger partial charge in [-0.25, -0.2) is 0 Å². The highest BCUT2D eigenvalue weighted by Gasteiger charge is 2.23. The van der Waals surface area contributed by atoms with Crippen molar-refractivity contribution in [3.05, 3.63) is 35.5 Å². The molecule has 0 spiro atoms. The molecule has 21 heavy (non-hydrogen) atoms. The molecule has 0 bridgehead atoms. The summed E-state index contributed by atoms with van der Waals surface area (Å²) in [5, 5.41) is 7.46. The zero-order valence-corrected chi connectivity index (χ0v) is 12.9. The van der Waals surface area contributed by atoms with Crippen LogP contribution in [0.4, 0.5) is 5.69 Å². The largest absolute Gasteiger partial charge is 0.493 e. The molecule has 1 N–H and O–H groups in total. The van der Waals surface area contributed by atoms with E-state index in [1.165, 1.54) is 5.56 Å². The van der Waals surface area contributed by atoms with Gasteiger partial charge in [-0.05, 0) is 30.7 Å². The Kier molecular flexibility index (Phi) is 3.35. The van der Waals surface area contributed by atoms with E-state index in [0.717, 1.165) is 30.3 Å². The summed E-state index contributed by atoms with van der Waals surface area (Å²) in [4.78, 5) is 4.49. The Morgan fingerprint density at radius 3 is 2.81 bits per heavy atom. The van der Waals surface area contributed by atoms with Gasteiger partial charge in [0.1, 0.15) is 11.8 Å². The van der Waals surface area contributed by atoms with Crippen molar-refractivity contribution >= 4 is 5.69 Å². The Morgan fingerprint density at radius 2 is 2.10 bits per heavy atom. The summed E-state index contributed by atoms with van der Waals surface area (Å²) < 4.78 is 10.9. The van der Waals surface area contributed by atoms with Crippen molar-refractivity contribution < 1.29 is 9.26 Å². The summed E-state index contributed by atoms with van der Waals surface area (Å²) >= 11 is 0. The molecule has 5 nitrogen and oxygen atoms in total. The number of hydrogen-bond acceptors (Lipinski definition) is 5. The lowest BCUT2D eigenvalue weighted by molar-refractivity contribution is 0.354. The molecule has 2 aromatic rings. The number of fused-ring (bicyclic) bond motifs is 1. The number of benzene rings is 1. The lowest BCUT2D eigenvalue weighted by atomic mass is 9.96. The monoisotopic (exact) mass is 287 g/mol. The van der Waals surface area contributed by atoms with Crippen LogP contribution in [0.5, 0.6) is 5.75 Å². The molecule has 1 aromatic heterocycles. The topological polar surface area (TPSA) is 60.2 Å². The molecule has 0 amide bonds. The Morgan fingerprint density at radius 1 is 1.29 bits per heavy atom. The fourth-order valence-electron chi connectivity index (χ4n) is 2.30. The van der Waals surface area contributed by atoms with E-state index in [1.807, 2.05) is 19.1 Å². The van der Waals surface area contributed by atoms with Gasteiger partial charge in [0, 0.05) is 17.5 Å². The third-order valence-electron chi connectivity index (χ3n) is 3.56. The summed E-state index contributed by atoms with van der Waals surface area (Å²) in [5.41, 5.74) is 2.18. The molecule has 1 unspecified atom stereocenters. The van der Waals surface area contributed by atoms with Crippen LogP contribution in [-0.2, 0) is 11.8 Å². The van der Waals surface area contributed by atoms with Crippen molar-refractivity contribution in [2.24, 2.45) is 0 Å². The molecule has 3 rings (SSSR count). The van der Waals surface area contributed by atoms with E-state index in [9.17, 15) is 0 Å². The Bertz CT molecular complexity index is 643. The lowest BCUT2D eigenvalue weighted by Gasteiger charge is -2.13. The summed E-state index contributed by atoms with van der Waals surface area (Å²) in [6.07, 6.45) is 0.966. The lowest BCUT2D eigenvalue weighted by Crippen LogP contribution is -2.14. The van der Waals surface area contributed by atoms with Gasteiger partial charge in [0.25, 0.3) is 0 Å². The molecule has 1 aromatic carbocycles. The van der Waals surface area contributed by atoms with E-state index in [-0.39, 0.29) is 11.5 Å². The van der Waals surface area contributed by atoms with E-state index < -0.39 is 0 Å². The highest BCUT2D eigenvalue weighted by molar-refractivity contribution is 5.53. The van der Waals surface area contributed by atoms with Gasteiger partial charge in [-0.2, -0.15) is 4.98 Å². The minimum absolute atomic E-state index is 0.0334. The minimum atomic E-state index is -0.105. The van der Waals surface area contributed by atoms with Crippen molar-refractivity contribution in [2.45, 2.75) is 45.6 Å². The molecule has 0 aliphatic carbocycles. The number of anilines is 1. The second kappa shape index (κ2) is 5.06. The highest BCUT2D eigenvalue weighted by Crippen LogP contribution is 2.29. The van der Waals surface area contributed by atoms with Gasteiger partial charge in [0.05, 0.1) is 6.61 Å². The van der Waals surface area contributed by atoms with Gasteiger partial charge in [-0.3, -0.25) is 0 Å². The quantitative estimate of drug-likeness (QED) is 0.936. The molecule has 1 atom stereocenters. The van der Waals surface area contributed by atoms with Gasteiger partial charge in [0.15, 0.2) is 5.82 Å². The van der Waals surface area contributed by atoms with Crippen LogP contribution >= 0.6 is 0 Å². The Hall–Kier alpha value is -2.04. The molecule has 1 aliphatic heterocycles. The predicted octanol–water partition coefficient (Wildman–Crippen LogP) is 3.48. The summed E-state index contributed by atoms with van der Waals surface area (Å²) in [6.45, 7) is 9.00. The smallest absolute Gasteiger partial charge is 0.248 e. The fourth-order valence-corrected chi connectivity index (χ4v) is 2.30.